The monoisotopic (exact) mass is 180 g/mol. The highest BCUT2D eigenvalue weighted by molar-refractivity contribution is 5.99. The molecule has 0 saturated carbocycles. The number of hydrogen-bond donors (Lipinski definition) is 1. The number of ether oxygens (including phenoxy) is 1. The second-order valence-electron chi connectivity index (χ2n) is 2.57. The Morgan fingerprint density at radius 2 is 2.15 bits per heavy atom. The Bertz CT molecular complexity index is 352. The van der Waals surface area contributed by atoms with Gasteiger partial charge in [-0.3, -0.25) is 4.79 Å². The van der Waals surface area contributed by atoms with Crippen molar-refractivity contribution in [2.24, 2.45) is 0 Å². The minimum Gasteiger partial charge on any atom is -0.751 e. The summed E-state index contributed by atoms with van der Waals surface area (Å²) in [7, 11) is 0. The maximum atomic E-state index is 11.2. The van der Waals surface area contributed by atoms with E-state index in [1.54, 1.807) is 12.1 Å². The van der Waals surface area contributed by atoms with Crippen LogP contribution in [0.25, 0.3) is 0 Å². The van der Waals surface area contributed by atoms with Crippen molar-refractivity contribution < 1.29 is 14.6 Å². The van der Waals surface area contributed by atoms with Crippen LogP contribution in [0.1, 0.15) is 0 Å². The lowest BCUT2D eigenvalue weighted by atomic mass is 10.2. The number of carbonyl (C=O) groups is 1. The van der Waals surface area contributed by atoms with Crippen molar-refractivity contribution in [1.29, 1.82) is 0 Å². The highest BCUT2D eigenvalue weighted by Crippen LogP contribution is 2.32. The minimum atomic E-state index is -1.69. The van der Waals surface area contributed by atoms with E-state index in [0.29, 0.717) is 0 Å². The number of carbonyl (C=O) groups excluding carboxylic acids is 1. The molecule has 1 atom stereocenters. The van der Waals surface area contributed by atoms with Crippen LogP contribution in [0.3, 0.4) is 0 Å². The molecule has 0 saturated heterocycles. The SMILES string of the molecule is O=C1C(O)Oc2ccccc2N1[O-]. The molecule has 5 nitrogen and oxygen atoms in total. The van der Waals surface area contributed by atoms with E-state index < -0.39 is 12.2 Å². The number of aliphatic hydroxyl groups is 1. The summed E-state index contributed by atoms with van der Waals surface area (Å²) >= 11 is 0. The summed E-state index contributed by atoms with van der Waals surface area (Å²) in [4.78, 5) is 10.9. The molecule has 1 amide bonds. The first-order valence-corrected chi connectivity index (χ1v) is 3.65. The Kier molecular flexibility index (Phi) is 1.68. The maximum absolute atomic E-state index is 11.2. The fourth-order valence-electron chi connectivity index (χ4n) is 1.11. The predicted molar refractivity (Wildman–Crippen MR) is 43.9 cm³/mol. The molecule has 0 aromatic heterocycles. The van der Waals surface area contributed by atoms with E-state index >= 15 is 0 Å². The van der Waals surface area contributed by atoms with Crippen LogP contribution >= 0.6 is 0 Å². The minimum absolute atomic E-state index is 0.123. The average molecular weight is 180 g/mol. The van der Waals surface area contributed by atoms with Crippen LogP contribution in [0, 0.1) is 5.21 Å². The summed E-state index contributed by atoms with van der Waals surface area (Å²) in [5.41, 5.74) is 0.123. The lowest BCUT2D eigenvalue weighted by Crippen LogP contribution is -2.42. The van der Waals surface area contributed by atoms with Gasteiger partial charge in [0.2, 0.25) is 0 Å². The highest BCUT2D eigenvalue weighted by atomic mass is 16.6. The fourth-order valence-corrected chi connectivity index (χ4v) is 1.11. The number of aliphatic hydroxyl groups excluding tert-OH is 1. The second kappa shape index (κ2) is 2.72. The zero-order chi connectivity index (χ0) is 9.42. The number of amides is 1. The summed E-state index contributed by atoms with van der Waals surface area (Å²) in [6.45, 7) is 0. The second-order valence-corrected chi connectivity index (χ2v) is 2.57. The molecule has 1 heterocycles. The molecule has 5 heteroatoms. The first-order valence-electron chi connectivity index (χ1n) is 3.65. The summed E-state index contributed by atoms with van der Waals surface area (Å²) in [6.07, 6.45) is -1.69. The fraction of sp³-hybridized carbons (Fsp3) is 0.125. The van der Waals surface area contributed by atoms with Crippen molar-refractivity contribution in [3.63, 3.8) is 0 Å². The molecule has 1 aromatic carbocycles. The van der Waals surface area contributed by atoms with E-state index in [0.717, 1.165) is 0 Å². The first kappa shape index (κ1) is 8.03. The van der Waals surface area contributed by atoms with Gasteiger partial charge in [-0.15, -0.1) is 0 Å². The number of fused-ring (bicyclic) bond motifs is 1. The molecule has 13 heavy (non-hydrogen) atoms. The molecule has 0 bridgehead atoms. The summed E-state index contributed by atoms with van der Waals surface area (Å²) in [5, 5.41) is 20.3. The molecule has 0 radical (unpaired) electrons. The number of nitrogens with zero attached hydrogens (tertiary/aromatic N) is 1. The molecule has 0 fully saturated rings. The van der Waals surface area contributed by atoms with Gasteiger partial charge < -0.3 is 20.1 Å². The Labute approximate surface area is 73.7 Å². The molecule has 1 aliphatic heterocycles. The molecular formula is C8H6NO4-. The van der Waals surface area contributed by atoms with Gasteiger partial charge in [0.25, 0.3) is 12.2 Å². The number of rotatable bonds is 0. The Balaban J connectivity index is 2.49. The van der Waals surface area contributed by atoms with Crippen molar-refractivity contribution in [1.82, 2.24) is 0 Å². The molecule has 68 valence electrons. The maximum Gasteiger partial charge on any atom is 0.285 e. The van der Waals surface area contributed by atoms with Crippen molar-refractivity contribution in [2.75, 3.05) is 5.06 Å². The van der Waals surface area contributed by atoms with Gasteiger partial charge in [0.1, 0.15) is 5.75 Å². The van der Waals surface area contributed by atoms with Crippen molar-refractivity contribution in [2.45, 2.75) is 6.29 Å². The van der Waals surface area contributed by atoms with E-state index in [2.05, 4.69) is 0 Å². The summed E-state index contributed by atoms with van der Waals surface area (Å²) in [5.74, 6) is -0.789. The third-order valence-electron chi connectivity index (χ3n) is 1.73. The van der Waals surface area contributed by atoms with Gasteiger partial charge in [-0.1, -0.05) is 12.1 Å². The van der Waals surface area contributed by atoms with E-state index in [1.807, 2.05) is 0 Å². The van der Waals surface area contributed by atoms with Crippen molar-refractivity contribution >= 4 is 11.6 Å². The van der Waals surface area contributed by atoms with E-state index in [9.17, 15) is 10.0 Å². The molecule has 1 aromatic rings. The molecule has 1 unspecified atom stereocenters. The zero-order valence-electron chi connectivity index (χ0n) is 6.51. The van der Waals surface area contributed by atoms with Gasteiger partial charge in [0.05, 0.1) is 5.69 Å². The molecule has 0 spiro atoms. The van der Waals surface area contributed by atoms with Crippen LogP contribution in [0.2, 0.25) is 0 Å². The Hall–Kier alpha value is -1.59. The summed E-state index contributed by atoms with van der Waals surface area (Å²) < 4.78 is 4.78. The Morgan fingerprint density at radius 3 is 2.92 bits per heavy atom. The van der Waals surface area contributed by atoms with Gasteiger partial charge in [-0.05, 0) is 12.1 Å². The Morgan fingerprint density at radius 1 is 1.46 bits per heavy atom. The topological polar surface area (TPSA) is 72.8 Å². The number of hydrogen-bond acceptors (Lipinski definition) is 4. The van der Waals surface area contributed by atoms with E-state index in [-0.39, 0.29) is 16.5 Å². The molecule has 1 aliphatic rings. The third-order valence-corrected chi connectivity index (χ3v) is 1.73. The lowest BCUT2D eigenvalue weighted by molar-refractivity contribution is -0.141. The lowest BCUT2D eigenvalue weighted by Gasteiger charge is -2.35. The first-order chi connectivity index (χ1) is 6.20. The quantitative estimate of drug-likeness (QED) is 0.620. The van der Waals surface area contributed by atoms with Crippen LogP contribution in [0.15, 0.2) is 24.3 Å². The van der Waals surface area contributed by atoms with E-state index in [4.69, 9.17) is 9.84 Å². The van der Waals surface area contributed by atoms with Gasteiger partial charge in [-0.2, -0.15) is 0 Å². The number of hydroxylamine groups is 1. The van der Waals surface area contributed by atoms with Crippen LogP contribution in [0.5, 0.6) is 5.75 Å². The normalized spacial score (nSPS) is 20.9. The van der Waals surface area contributed by atoms with Gasteiger partial charge in [-0.25, -0.2) is 0 Å². The largest absolute Gasteiger partial charge is 0.751 e. The van der Waals surface area contributed by atoms with E-state index in [1.165, 1.54) is 12.1 Å². The van der Waals surface area contributed by atoms with Crippen LogP contribution in [-0.2, 0) is 4.79 Å². The molecular weight excluding hydrogens is 174 g/mol. The van der Waals surface area contributed by atoms with Crippen LogP contribution in [0.4, 0.5) is 5.69 Å². The van der Waals surface area contributed by atoms with Crippen molar-refractivity contribution in [3.05, 3.63) is 29.5 Å². The number of anilines is 1. The molecule has 2 rings (SSSR count). The van der Waals surface area contributed by atoms with Crippen LogP contribution < -0.4 is 9.80 Å². The summed E-state index contributed by atoms with van der Waals surface area (Å²) in [6, 6.07) is 6.22. The number of para-hydroxylation sites is 2. The van der Waals surface area contributed by atoms with Crippen molar-refractivity contribution in [3.8, 4) is 5.75 Å². The zero-order valence-corrected chi connectivity index (χ0v) is 6.51. The smallest absolute Gasteiger partial charge is 0.285 e. The van der Waals surface area contributed by atoms with Gasteiger partial charge in [0.15, 0.2) is 0 Å². The predicted octanol–water partition coefficient (Wildman–Crippen LogP) is 0.228. The third kappa shape index (κ3) is 1.14. The highest BCUT2D eigenvalue weighted by Gasteiger charge is 2.26. The standard InChI is InChI=1S/C8H6NO4/c10-7-8(11)13-6-4-2-1-3-5(6)9(7)12/h1-4,8,11H/q-1. The molecule has 1 N–H and O–H groups in total. The van der Waals surface area contributed by atoms with Gasteiger partial charge in [0, 0.05) is 0 Å². The molecule has 0 aliphatic carbocycles. The van der Waals surface area contributed by atoms with Crippen LogP contribution in [-0.4, -0.2) is 17.3 Å². The average Bonchev–Trinajstić information content (AvgIpc) is 2.15. The number of benzene rings is 1. The van der Waals surface area contributed by atoms with Gasteiger partial charge >= 0.3 is 0 Å².